The highest BCUT2D eigenvalue weighted by molar-refractivity contribution is 5.70. The van der Waals surface area contributed by atoms with Crippen LogP contribution in [0, 0.1) is 6.92 Å². The molecule has 2 aliphatic rings. The minimum absolute atomic E-state index is 0.210. The van der Waals surface area contributed by atoms with E-state index in [1.165, 1.54) is 59.7 Å². The molecule has 25 heavy (non-hydrogen) atoms. The van der Waals surface area contributed by atoms with Crippen LogP contribution in [0.2, 0.25) is 0 Å². The van der Waals surface area contributed by atoms with E-state index in [1.807, 2.05) is 0 Å². The van der Waals surface area contributed by atoms with E-state index in [0.29, 0.717) is 0 Å². The molecule has 0 bridgehead atoms. The van der Waals surface area contributed by atoms with Crippen molar-refractivity contribution in [3.05, 3.63) is 47.2 Å². The molecule has 0 radical (unpaired) electrons. The Morgan fingerprint density at radius 1 is 0.960 bits per heavy atom. The molecule has 0 unspecified atom stereocenters. The fourth-order valence-corrected chi connectivity index (χ4v) is 4.86. The van der Waals surface area contributed by atoms with E-state index in [2.05, 4.69) is 81.5 Å². The summed E-state index contributed by atoms with van der Waals surface area (Å²) in [5, 5.41) is 0. The Hall–Kier alpha value is -1.83. The zero-order valence-corrected chi connectivity index (χ0v) is 16.6. The summed E-state index contributed by atoms with van der Waals surface area (Å²) < 4.78 is 2.48. The first-order valence-electron chi connectivity index (χ1n) is 9.61. The maximum Gasteiger partial charge on any atom is 0.213 e. The fourth-order valence-electron chi connectivity index (χ4n) is 4.86. The molecule has 0 fully saturated rings. The molecule has 0 N–H and O–H groups in total. The fraction of sp³-hybridized carbons (Fsp3) is 0.522. The number of pyridine rings is 1. The van der Waals surface area contributed by atoms with Crippen molar-refractivity contribution in [3.8, 4) is 11.3 Å². The van der Waals surface area contributed by atoms with E-state index in [0.717, 1.165) is 0 Å². The van der Waals surface area contributed by atoms with Gasteiger partial charge in [0.2, 0.25) is 11.4 Å². The van der Waals surface area contributed by atoms with Gasteiger partial charge in [-0.1, -0.05) is 32.0 Å². The number of aromatic nitrogens is 1. The molecular formula is C23H31N2+. The number of benzene rings is 1. The van der Waals surface area contributed by atoms with E-state index >= 15 is 0 Å². The molecule has 132 valence electrons. The minimum Gasteiger partial charge on any atom is -0.366 e. The van der Waals surface area contributed by atoms with Crippen LogP contribution in [0.15, 0.2) is 30.3 Å². The van der Waals surface area contributed by atoms with Gasteiger partial charge in [0.05, 0.1) is 5.41 Å². The van der Waals surface area contributed by atoms with Gasteiger partial charge in [-0.2, -0.15) is 4.57 Å². The Labute approximate surface area is 152 Å². The maximum absolute atomic E-state index is 2.64. The van der Waals surface area contributed by atoms with Crippen molar-refractivity contribution in [3.63, 3.8) is 0 Å². The van der Waals surface area contributed by atoms with Gasteiger partial charge in [-0.15, -0.1) is 0 Å². The van der Waals surface area contributed by atoms with Crippen LogP contribution in [-0.2, 0) is 17.9 Å². The average Bonchev–Trinajstić information content (AvgIpc) is 2.54. The third-order valence-corrected chi connectivity index (χ3v) is 6.58. The van der Waals surface area contributed by atoms with Gasteiger partial charge in [0, 0.05) is 24.7 Å². The maximum atomic E-state index is 2.64. The van der Waals surface area contributed by atoms with E-state index < -0.39 is 0 Å². The van der Waals surface area contributed by atoms with E-state index in [4.69, 9.17) is 0 Å². The van der Waals surface area contributed by atoms with Crippen LogP contribution in [0.5, 0.6) is 0 Å². The highest BCUT2D eigenvalue weighted by Crippen LogP contribution is 2.48. The minimum atomic E-state index is 0.210. The topological polar surface area (TPSA) is 7.12 Å². The lowest BCUT2D eigenvalue weighted by atomic mass is 9.71. The quantitative estimate of drug-likeness (QED) is 0.688. The second-order valence-electron chi connectivity index (χ2n) is 9.27. The standard InChI is InChI=1S/C23H31N2/c1-16-9-7-8-10-17(16)19-15-18-20-21(24(19)6)23(4,5)12-14-25(20)13-11-22(18,2)3/h7-10,15H,11-14H2,1-6H3/q+1. The molecule has 2 aliphatic heterocycles. The molecule has 0 saturated heterocycles. The van der Waals surface area contributed by atoms with Crippen LogP contribution >= 0.6 is 0 Å². The Morgan fingerprint density at radius 2 is 1.60 bits per heavy atom. The highest BCUT2D eigenvalue weighted by atomic mass is 15.2. The number of hydrogen-bond donors (Lipinski definition) is 0. The molecule has 1 aromatic heterocycles. The van der Waals surface area contributed by atoms with Gasteiger partial charge in [0.15, 0.2) is 0 Å². The summed E-state index contributed by atoms with van der Waals surface area (Å²) in [5.41, 5.74) is 9.09. The van der Waals surface area contributed by atoms with Crippen molar-refractivity contribution in [2.75, 3.05) is 18.0 Å². The van der Waals surface area contributed by atoms with Gasteiger partial charge < -0.3 is 4.90 Å². The number of aryl methyl sites for hydroxylation is 1. The van der Waals surface area contributed by atoms with Gasteiger partial charge in [0.25, 0.3) is 0 Å². The van der Waals surface area contributed by atoms with Crippen LogP contribution in [0.25, 0.3) is 11.3 Å². The predicted octanol–water partition coefficient (Wildman–Crippen LogP) is 4.66. The van der Waals surface area contributed by atoms with E-state index in [-0.39, 0.29) is 10.8 Å². The largest absolute Gasteiger partial charge is 0.366 e. The van der Waals surface area contributed by atoms with Crippen molar-refractivity contribution in [1.29, 1.82) is 0 Å². The van der Waals surface area contributed by atoms with Crippen LogP contribution in [0.3, 0.4) is 0 Å². The van der Waals surface area contributed by atoms with Crippen molar-refractivity contribution >= 4 is 5.69 Å². The molecule has 2 nitrogen and oxygen atoms in total. The summed E-state index contributed by atoms with van der Waals surface area (Å²) in [6.45, 7) is 14.3. The molecule has 0 aliphatic carbocycles. The van der Waals surface area contributed by atoms with Crippen LogP contribution < -0.4 is 9.47 Å². The number of nitrogens with zero attached hydrogens (tertiary/aromatic N) is 2. The monoisotopic (exact) mass is 335 g/mol. The molecular weight excluding hydrogens is 304 g/mol. The first-order valence-corrected chi connectivity index (χ1v) is 9.61. The first-order chi connectivity index (χ1) is 11.7. The lowest BCUT2D eigenvalue weighted by molar-refractivity contribution is -0.671. The number of hydrogen-bond acceptors (Lipinski definition) is 1. The van der Waals surface area contributed by atoms with Crippen LogP contribution in [0.1, 0.15) is 57.4 Å². The van der Waals surface area contributed by atoms with Crippen LogP contribution in [0.4, 0.5) is 5.69 Å². The molecule has 1 aromatic carbocycles. The summed E-state index contributed by atoms with van der Waals surface area (Å²) >= 11 is 0. The second kappa shape index (κ2) is 5.33. The Morgan fingerprint density at radius 3 is 2.28 bits per heavy atom. The molecule has 0 atom stereocenters. The Bertz CT molecular complexity index is 843. The zero-order chi connectivity index (χ0) is 18.0. The van der Waals surface area contributed by atoms with Crippen molar-refractivity contribution in [1.82, 2.24) is 0 Å². The van der Waals surface area contributed by atoms with Crippen molar-refractivity contribution in [2.45, 2.75) is 58.3 Å². The van der Waals surface area contributed by atoms with Gasteiger partial charge in [0.1, 0.15) is 12.7 Å². The summed E-state index contributed by atoms with van der Waals surface area (Å²) in [6, 6.07) is 11.3. The molecule has 0 saturated carbocycles. The Kier molecular flexibility index (Phi) is 3.55. The summed E-state index contributed by atoms with van der Waals surface area (Å²) in [7, 11) is 2.27. The molecule has 4 rings (SSSR count). The summed E-state index contributed by atoms with van der Waals surface area (Å²) in [4.78, 5) is 2.64. The summed E-state index contributed by atoms with van der Waals surface area (Å²) in [5.74, 6) is 0. The Balaban J connectivity index is 2.09. The molecule has 0 amide bonds. The first kappa shape index (κ1) is 16.6. The van der Waals surface area contributed by atoms with Crippen molar-refractivity contribution < 1.29 is 4.57 Å². The smallest absolute Gasteiger partial charge is 0.213 e. The molecule has 2 heteroatoms. The molecule has 0 spiro atoms. The van der Waals surface area contributed by atoms with Crippen LogP contribution in [-0.4, -0.2) is 13.1 Å². The van der Waals surface area contributed by atoms with Gasteiger partial charge in [-0.3, -0.25) is 0 Å². The number of anilines is 1. The van der Waals surface area contributed by atoms with E-state index in [9.17, 15) is 0 Å². The second-order valence-corrected chi connectivity index (χ2v) is 9.27. The number of rotatable bonds is 1. The lowest BCUT2D eigenvalue weighted by Crippen LogP contribution is -2.53. The predicted molar refractivity (Wildman–Crippen MR) is 105 cm³/mol. The van der Waals surface area contributed by atoms with Crippen molar-refractivity contribution in [2.24, 2.45) is 7.05 Å². The average molecular weight is 336 g/mol. The lowest BCUT2D eigenvalue weighted by Gasteiger charge is -2.46. The van der Waals surface area contributed by atoms with Gasteiger partial charge in [-0.05, 0) is 56.2 Å². The highest BCUT2D eigenvalue weighted by Gasteiger charge is 2.46. The summed E-state index contributed by atoms with van der Waals surface area (Å²) in [6.07, 6.45) is 2.46. The third kappa shape index (κ3) is 2.41. The normalized spacial score (nSPS) is 20.3. The zero-order valence-electron chi connectivity index (χ0n) is 16.6. The molecule has 3 heterocycles. The van der Waals surface area contributed by atoms with Gasteiger partial charge >= 0.3 is 0 Å². The van der Waals surface area contributed by atoms with E-state index in [1.54, 1.807) is 0 Å². The molecule has 2 aromatic rings. The van der Waals surface area contributed by atoms with Gasteiger partial charge in [-0.25, -0.2) is 0 Å². The third-order valence-electron chi connectivity index (χ3n) is 6.58. The SMILES string of the molecule is Cc1ccccc1-c1cc2c3c([n+]1C)C(C)(C)CCN3CCC2(C)C.